The van der Waals surface area contributed by atoms with Gasteiger partial charge in [0.15, 0.2) is 17.6 Å². The second-order valence-corrected chi connectivity index (χ2v) is 17.2. The maximum absolute atomic E-state index is 14.8. The van der Waals surface area contributed by atoms with Crippen LogP contribution in [0.25, 0.3) is 0 Å². The van der Waals surface area contributed by atoms with Crippen molar-refractivity contribution in [1.29, 1.82) is 5.26 Å². The van der Waals surface area contributed by atoms with E-state index in [9.17, 15) is 50.0 Å². The molecule has 1 aliphatic carbocycles. The van der Waals surface area contributed by atoms with Crippen LogP contribution in [0.3, 0.4) is 0 Å². The van der Waals surface area contributed by atoms with Gasteiger partial charge in [0.05, 0.1) is 17.7 Å². The summed E-state index contributed by atoms with van der Waals surface area (Å²) >= 11 is 0. The standard InChI is InChI=1S/C43H43F8N9O2/c44-31-5-1-3-26(36(31)42(46,47)48)23-7-14-59(15-8-23)40(61)38-29-20-57(12-10-33(29)53-55-38)19-25-17-28(25)35-18-24(27-4-2-6-32(45)37(27)43(49,50)51)9-16-60(35)41(62)39-30-21-58(22-52)13-11-34(30)54-56-39/h1-6,23-25,28,35H,7-21H2,(H,53,55)(H,54,56). The molecule has 4 unspecified atom stereocenters. The second-order valence-electron chi connectivity index (χ2n) is 17.2. The first-order valence-electron chi connectivity index (χ1n) is 20.9. The third kappa shape index (κ3) is 7.79. The molecule has 2 N–H and O–H groups in total. The van der Waals surface area contributed by atoms with Crippen LogP contribution in [0, 0.1) is 34.9 Å². The lowest BCUT2D eigenvalue weighted by Gasteiger charge is -2.41. The minimum Gasteiger partial charge on any atom is -0.337 e. The number of carbonyl (C=O) groups is 2. The van der Waals surface area contributed by atoms with Crippen LogP contribution >= 0.6 is 0 Å². The van der Waals surface area contributed by atoms with Crippen molar-refractivity contribution in [2.24, 2.45) is 11.8 Å². The van der Waals surface area contributed by atoms with Crippen LogP contribution in [0.1, 0.15) is 110 Å². The molecule has 0 bridgehead atoms. The van der Waals surface area contributed by atoms with Crippen LogP contribution in [0.15, 0.2) is 36.4 Å². The van der Waals surface area contributed by atoms with Gasteiger partial charge in [-0.05, 0) is 79.0 Å². The number of piperidine rings is 2. The lowest BCUT2D eigenvalue weighted by Crippen LogP contribution is -2.48. The number of fused-ring (bicyclic) bond motifs is 2. The smallest absolute Gasteiger partial charge is 0.337 e. The lowest BCUT2D eigenvalue weighted by molar-refractivity contribution is -0.141. The molecule has 2 amide bonds. The van der Waals surface area contributed by atoms with Gasteiger partial charge in [0.1, 0.15) is 11.6 Å². The topological polar surface area (TPSA) is 128 Å². The normalized spacial score (nSPS) is 23.5. The molecule has 2 aromatic heterocycles. The number of amides is 2. The third-order valence-corrected chi connectivity index (χ3v) is 13.7. The number of nitrogens with zero attached hydrogens (tertiary/aromatic N) is 7. The molecule has 11 nitrogen and oxygen atoms in total. The van der Waals surface area contributed by atoms with Gasteiger partial charge in [0.2, 0.25) is 0 Å². The van der Waals surface area contributed by atoms with E-state index in [-0.39, 0.29) is 98.0 Å². The Kier molecular flexibility index (Phi) is 10.8. The van der Waals surface area contributed by atoms with Gasteiger partial charge in [0, 0.05) is 87.2 Å². The number of aromatic nitrogens is 4. The van der Waals surface area contributed by atoms with Crippen molar-refractivity contribution in [2.45, 2.75) is 88.3 Å². The summed E-state index contributed by atoms with van der Waals surface area (Å²) in [7, 11) is 0. The number of carbonyl (C=O) groups excluding carboxylic acids is 2. The second kappa shape index (κ2) is 16.0. The van der Waals surface area contributed by atoms with Gasteiger partial charge < -0.3 is 14.7 Å². The van der Waals surface area contributed by atoms with Crippen LogP contribution in [0.5, 0.6) is 0 Å². The van der Waals surface area contributed by atoms with Crippen LogP contribution in [0.2, 0.25) is 0 Å². The van der Waals surface area contributed by atoms with Gasteiger partial charge in [-0.2, -0.15) is 41.8 Å². The number of alkyl halides is 6. The summed E-state index contributed by atoms with van der Waals surface area (Å²) in [5, 5.41) is 24.2. The first-order valence-corrected chi connectivity index (χ1v) is 20.9. The Labute approximate surface area is 351 Å². The summed E-state index contributed by atoms with van der Waals surface area (Å²) in [6.45, 7) is 2.75. The molecule has 62 heavy (non-hydrogen) atoms. The maximum Gasteiger partial charge on any atom is 0.419 e. The van der Waals surface area contributed by atoms with Crippen molar-refractivity contribution in [1.82, 2.24) is 40.0 Å². The van der Waals surface area contributed by atoms with Gasteiger partial charge in [0.25, 0.3) is 11.8 Å². The van der Waals surface area contributed by atoms with Crippen LogP contribution in [0.4, 0.5) is 35.1 Å². The third-order valence-electron chi connectivity index (χ3n) is 13.7. The average Bonchev–Trinajstić information content (AvgIpc) is 3.67. The fraction of sp³-hybridized carbons (Fsp3) is 0.512. The van der Waals surface area contributed by atoms with Gasteiger partial charge in [-0.15, -0.1) is 0 Å². The monoisotopic (exact) mass is 869 g/mol. The number of halogens is 8. The van der Waals surface area contributed by atoms with E-state index in [2.05, 4.69) is 31.5 Å². The summed E-state index contributed by atoms with van der Waals surface area (Å²) in [4.78, 5) is 35.2. The Morgan fingerprint density at radius 3 is 1.90 bits per heavy atom. The highest BCUT2D eigenvalue weighted by atomic mass is 19.4. The number of likely N-dealkylation sites (tertiary alicyclic amines) is 2. The van der Waals surface area contributed by atoms with Crippen molar-refractivity contribution in [3.63, 3.8) is 0 Å². The van der Waals surface area contributed by atoms with E-state index in [4.69, 9.17) is 0 Å². The van der Waals surface area contributed by atoms with Gasteiger partial charge in [-0.25, -0.2) is 8.78 Å². The first kappa shape index (κ1) is 41.8. The molecule has 19 heteroatoms. The van der Waals surface area contributed by atoms with Crippen molar-refractivity contribution >= 4 is 11.8 Å². The molecule has 9 rings (SSSR count). The van der Waals surface area contributed by atoms with Crippen LogP contribution < -0.4 is 0 Å². The molecular weight excluding hydrogens is 827 g/mol. The van der Waals surface area contributed by atoms with E-state index in [1.807, 2.05) is 0 Å². The highest BCUT2D eigenvalue weighted by Gasteiger charge is 2.51. The van der Waals surface area contributed by atoms with E-state index in [1.165, 1.54) is 29.2 Å². The maximum atomic E-state index is 14.8. The zero-order chi connectivity index (χ0) is 43.7. The van der Waals surface area contributed by atoms with E-state index in [0.717, 1.165) is 29.1 Å². The summed E-state index contributed by atoms with van der Waals surface area (Å²) in [6.07, 6.45) is -5.07. The number of H-pyrrole nitrogens is 2. The fourth-order valence-corrected chi connectivity index (χ4v) is 10.5. The molecule has 2 saturated heterocycles. The van der Waals surface area contributed by atoms with Crippen LogP contribution in [-0.2, 0) is 38.3 Å². The van der Waals surface area contributed by atoms with Crippen LogP contribution in [-0.4, -0.2) is 97.1 Å². The highest BCUT2D eigenvalue weighted by Crippen LogP contribution is 2.51. The molecule has 328 valence electrons. The minimum absolute atomic E-state index is 0.0573. The molecule has 4 aliphatic heterocycles. The Morgan fingerprint density at radius 1 is 0.726 bits per heavy atom. The number of rotatable bonds is 7. The van der Waals surface area contributed by atoms with Gasteiger partial charge in [-0.3, -0.25) is 24.7 Å². The lowest BCUT2D eigenvalue weighted by atomic mass is 9.81. The average molecular weight is 870 g/mol. The Hall–Kier alpha value is -5.51. The van der Waals surface area contributed by atoms with E-state index < -0.39 is 53.0 Å². The number of aromatic amines is 2. The Bertz CT molecular complexity index is 2410. The van der Waals surface area contributed by atoms with Gasteiger partial charge in [-0.1, -0.05) is 24.3 Å². The summed E-state index contributed by atoms with van der Waals surface area (Å²) in [5.41, 5.74) is 0.553. The molecule has 6 heterocycles. The molecule has 0 spiro atoms. The van der Waals surface area contributed by atoms with E-state index >= 15 is 0 Å². The fourth-order valence-electron chi connectivity index (χ4n) is 10.5. The predicted molar refractivity (Wildman–Crippen MR) is 205 cm³/mol. The first-order chi connectivity index (χ1) is 29.6. The molecule has 4 aromatic rings. The molecule has 5 aliphatic rings. The Morgan fingerprint density at radius 2 is 1.29 bits per heavy atom. The molecule has 0 radical (unpaired) electrons. The van der Waals surface area contributed by atoms with Crippen molar-refractivity contribution < 1.29 is 44.7 Å². The predicted octanol–water partition coefficient (Wildman–Crippen LogP) is 7.39. The molecule has 3 fully saturated rings. The number of benzene rings is 2. The van der Waals surface area contributed by atoms with E-state index in [0.29, 0.717) is 51.0 Å². The van der Waals surface area contributed by atoms with Gasteiger partial charge >= 0.3 is 12.4 Å². The minimum atomic E-state index is -4.91. The molecule has 1 saturated carbocycles. The Balaban J connectivity index is 0.900. The summed E-state index contributed by atoms with van der Waals surface area (Å²) in [6, 6.07) is 6.29. The zero-order valence-electron chi connectivity index (χ0n) is 33.4. The largest absolute Gasteiger partial charge is 0.419 e. The molecule has 2 aromatic carbocycles. The number of nitrogens with one attached hydrogen (secondary N) is 2. The highest BCUT2D eigenvalue weighted by molar-refractivity contribution is 5.95. The summed E-state index contributed by atoms with van der Waals surface area (Å²) in [5.74, 6) is -4.64. The van der Waals surface area contributed by atoms with Crippen molar-refractivity contribution in [3.8, 4) is 6.19 Å². The molecular formula is C43H43F8N9O2. The number of nitriles is 1. The van der Waals surface area contributed by atoms with Crippen molar-refractivity contribution in [2.75, 3.05) is 39.3 Å². The quantitative estimate of drug-likeness (QED) is 0.147. The SMILES string of the molecule is N#CN1CCc2[nH]nc(C(=O)N3CCC(c4cccc(F)c4C(F)(F)F)CC3C3CC3CN3CCc4[nH]nc(C(=O)N5CCC(c6cccc(F)c6C(F)(F)F)CC5)c4C3)c2C1. The van der Waals surface area contributed by atoms with Crippen molar-refractivity contribution in [3.05, 3.63) is 104 Å². The summed E-state index contributed by atoms with van der Waals surface area (Å²) < 4.78 is 113. The number of hydrogen-bond donors (Lipinski definition) is 2. The molecule has 4 atom stereocenters. The van der Waals surface area contributed by atoms with E-state index in [1.54, 1.807) is 9.80 Å². The zero-order valence-corrected chi connectivity index (χ0v) is 33.4. The number of hydrogen-bond acceptors (Lipinski definition) is 7.